The van der Waals surface area contributed by atoms with Crippen LogP contribution >= 0.6 is 0 Å². The van der Waals surface area contributed by atoms with E-state index in [0.717, 1.165) is 17.7 Å². The van der Waals surface area contributed by atoms with Crippen LogP contribution in [0.25, 0.3) is 0 Å². The smallest absolute Gasteiger partial charge is 0.253 e. The maximum atomic E-state index is 6.00. The summed E-state index contributed by atoms with van der Waals surface area (Å²) in [4.78, 5) is 0. The van der Waals surface area contributed by atoms with Gasteiger partial charge in [0, 0.05) is 0 Å². The molecule has 0 bridgehead atoms. The molecule has 5 nitrogen and oxygen atoms in total. The highest BCUT2D eigenvalue weighted by Gasteiger charge is 2.16. The normalized spacial score (nSPS) is 12.7. The summed E-state index contributed by atoms with van der Waals surface area (Å²) in [6, 6.07) is 7.59. The molecule has 108 valence electrons. The molecule has 5 heteroatoms. The summed E-state index contributed by atoms with van der Waals surface area (Å²) >= 11 is 0. The molecule has 0 spiro atoms. The highest BCUT2D eigenvalue weighted by Crippen LogP contribution is 2.20. The number of para-hydroxylation sites is 1. The SMILES string of the molecule is Cc1ccccc1OCc1nnc(C(N)CC(C)C)o1. The molecule has 0 aliphatic carbocycles. The average Bonchev–Trinajstić information content (AvgIpc) is 2.86. The minimum atomic E-state index is -0.213. The molecule has 0 aliphatic heterocycles. The third-order valence-corrected chi connectivity index (χ3v) is 2.97. The molecule has 0 saturated carbocycles. The largest absolute Gasteiger partial charge is 0.484 e. The first-order valence-corrected chi connectivity index (χ1v) is 6.82. The first-order chi connectivity index (χ1) is 9.56. The zero-order valence-electron chi connectivity index (χ0n) is 12.2. The molecule has 0 fully saturated rings. The summed E-state index contributed by atoms with van der Waals surface area (Å²) in [5.41, 5.74) is 7.08. The van der Waals surface area contributed by atoms with Crippen LogP contribution in [0.15, 0.2) is 28.7 Å². The fourth-order valence-electron chi connectivity index (χ4n) is 1.94. The van der Waals surface area contributed by atoms with Crippen molar-refractivity contribution in [2.24, 2.45) is 11.7 Å². The number of hydrogen-bond donors (Lipinski definition) is 1. The van der Waals surface area contributed by atoms with Crippen molar-refractivity contribution >= 4 is 0 Å². The number of hydrogen-bond acceptors (Lipinski definition) is 5. The molecule has 0 aliphatic rings. The Morgan fingerprint density at radius 3 is 2.70 bits per heavy atom. The molecule has 2 N–H and O–H groups in total. The first-order valence-electron chi connectivity index (χ1n) is 6.82. The van der Waals surface area contributed by atoms with Crippen LogP contribution in [-0.4, -0.2) is 10.2 Å². The molecule has 1 heterocycles. The highest BCUT2D eigenvalue weighted by molar-refractivity contribution is 5.31. The lowest BCUT2D eigenvalue weighted by atomic mass is 10.1. The maximum Gasteiger partial charge on any atom is 0.253 e. The summed E-state index contributed by atoms with van der Waals surface area (Å²) in [6.45, 7) is 6.47. The van der Waals surface area contributed by atoms with Crippen molar-refractivity contribution in [3.05, 3.63) is 41.6 Å². The fourth-order valence-corrected chi connectivity index (χ4v) is 1.94. The molecule has 2 aromatic rings. The Kier molecular flexibility index (Phi) is 4.74. The maximum absolute atomic E-state index is 6.00. The van der Waals surface area contributed by atoms with E-state index in [9.17, 15) is 0 Å². The predicted octanol–water partition coefficient (Wildman–Crippen LogP) is 3.00. The van der Waals surface area contributed by atoms with Crippen molar-refractivity contribution in [1.29, 1.82) is 0 Å². The second-order valence-corrected chi connectivity index (χ2v) is 5.32. The summed E-state index contributed by atoms with van der Waals surface area (Å²) in [7, 11) is 0. The van der Waals surface area contributed by atoms with Gasteiger partial charge in [0.1, 0.15) is 5.75 Å². The van der Waals surface area contributed by atoms with Gasteiger partial charge in [0.2, 0.25) is 5.89 Å². The van der Waals surface area contributed by atoms with E-state index in [0.29, 0.717) is 17.7 Å². The lowest BCUT2D eigenvalue weighted by Crippen LogP contribution is -2.13. The van der Waals surface area contributed by atoms with Crippen LogP contribution in [0.2, 0.25) is 0 Å². The standard InChI is InChI=1S/C15H21N3O2/c1-10(2)8-12(16)15-18-17-14(20-15)9-19-13-7-5-4-6-11(13)3/h4-7,10,12H,8-9,16H2,1-3H3. The summed E-state index contributed by atoms with van der Waals surface area (Å²) < 4.78 is 11.2. The average molecular weight is 275 g/mol. The number of nitrogens with zero attached hydrogens (tertiary/aromatic N) is 2. The van der Waals surface area contributed by atoms with Gasteiger partial charge in [-0.2, -0.15) is 0 Å². The number of aromatic nitrogens is 2. The highest BCUT2D eigenvalue weighted by atomic mass is 16.5. The van der Waals surface area contributed by atoms with E-state index < -0.39 is 0 Å². The van der Waals surface area contributed by atoms with Crippen LogP contribution in [0, 0.1) is 12.8 Å². The molecule has 1 unspecified atom stereocenters. The van der Waals surface area contributed by atoms with Crippen LogP contribution in [0.4, 0.5) is 0 Å². The Bertz CT molecular complexity index is 552. The van der Waals surface area contributed by atoms with Crippen LogP contribution in [0.3, 0.4) is 0 Å². The number of rotatable bonds is 6. The summed E-state index contributed by atoms with van der Waals surface area (Å²) in [5, 5.41) is 7.95. The van der Waals surface area contributed by atoms with E-state index in [1.54, 1.807) is 0 Å². The molecule has 0 amide bonds. The minimum Gasteiger partial charge on any atom is -0.484 e. The van der Waals surface area contributed by atoms with Crippen molar-refractivity contribution in [3.8, 4) is 5.75 Å². The van der Waals surface area contributed by atoms with Crippen molar-refractivity contribution < 1.29 is 9.15 Å². The molecule has 0 radical (unpaired) electrons. The zero-order valence-corrected chi connectivity index (χ0v) is 12.2. The van der Waals surface area contributed by atoms with Gasteiger partial charge in [-0.1, -0.05) is 32.0 Å². The van der Waals surface area contributed by atoms with Gasteiger partial charge in [-0.25, -0.2) is 0 Å². The van der Waals surface area contributed by atoms with Gasteiger partial charge in [0.15, 0.2) is 6.61 Å². The molecule has 1 aromatic heterocycles. The first kappa shape index (κ1) is 14.5. The van der Waals surface area contributed by atoms with Gasteiger partial charge < -0.3 is 14.9 Å². The molecular weight excluding hydrogens is 254 g/mol. The van der Waals surface area contributed by atoms with Gasteiger partial charge in [-0.3, -0.25) is 0 Å². The molecule has 20 heavy (non-hydrogen) atoms. The topological polar surface area (TPSA) is 74.2 Å². The Labute approximate surface area is 119 Å². The van der Waals surface area contributed by atoms with Gasteiger partial charge in [0.25, 0.3) is 5.89 Å². The van der Waals surface area contributed by atoms with Crippen LogP contribution in [0.1, 0.15) is 43.7 Å². The summed E-state index contributed by atoms with van der Waals surface area (Å²) in [6.07, 6.45) is 0.820. The number of ether oxygens (including phenoxy) is 1. The van der Waals surface area contributed by atoms with Crippen molar-refractivity contribution in [3.63, 3.8) is 0 Å². The third kappa shape index (κ3) is 3.81. The van der Waals surface area contributed by atoms with E-state index in [-0.39, 0.29) is 12.6 Å². The van der Waals surface area contributed by atoms with Gasteiger partial charge in [-0.15, -0.1) is 10.2 Å². The molecule has 0 saturated heterocycles. The minimum absolute atomic E-state index is 0.213. The summed E-state index contributed by atoms with van der Waals surface area (Å²) in [5.74, 6) is 2.23. The van der Waals surface area contributed by atoms with Crippen LogP contribution in [-0.2, 0) is 6.61 Å². The second-order valence-electron chi connectivity index (χ2n) is 5.32. The van der Waals surface area contributed by atoms with Crippen LogP contribution < -0.4 is 10.5 Å². The zero-order chi connectivity index (χ0) is 14.5. The predicted molar refractivity (Wildman–Crippen MR) is 76.2 cm³/mol. The third-order valence-electron chi connectivity index (χ3n) is 2.97. The quantitative estimate of drug-likeness (QED) is 0.877. The van der Waals surface area contributed by atoms with Gasteiger partial charge in [0.05, 0.1) is 6.04 Å². The van der Waals surface area contributed by atoms with E-state index in [1.165, 1.54) is 0 Å². The number of benzene rings is 1. The van der Waals surface area contributed by atoms with Gasteiger partial charge in [-0.05, 0) is 30.9 Å². The monoisotopic (exact) mass is 275 g/mol. The van der Waals surface area contributed by atoms with Gasteiger partial charge >= 0.3 is 0 Å². The molecule has 2 rings (SSSR count). The number of nitrogens with two attached hydrogens (primary N) is 1. The Balaban J connectivity index is 1.95. The second kappa shape index (κ2) is 6.52. The van der Waals surface area contributed by atoms with E-state index >= 15 is 0 Å². The molecular formula is C15H21N3O2. The van der Waals surface area contributed by atoms with E-state index in [4.69, 9.17) is 14.9 Å². The van der Waals surface area contributed by atoms with Crippen molar-refractivity contribution in [2.75, 3.05) is 0 Å². The van der Waals surface area contributed by atoms with E-state index in [2.05, 4.69) is 24.0 Å². The number of aryl methyl sites for hydroxylation is 1. The van der Waals surface area contributed by atoms with Crippen molar-refractivity contribution in [2.45, 2.75) is 39.8 Å². The molecule has 1 aromatic carbocycles. The van der Waals surface area contributed by atoms with Crippen molar-refractivity contribution in [1.82, 2.24) is 10.2 Å². The van der Waals surface area contributed by atoms with Crippen LogP contribution in [0.5, 0.6) is 5.75 Å². The fraction of sp³-hybridized carbons (Fsp3) is 0.467. The Morgan fingerprint density at radius 2 is 2.00 bits per heavy atom. The van der Waals surface area contributed by atoms with E-state index in [1.807, 2.05) is 31.2 Å². The molecule has 1 atom stereocenters. The Hall–Kier alpha value is -1.88. The lowest BCUT2D eigenvalue weighted by Gasteiger charge is -2.09. The lowest BCUT2D eigenvalue weighted by molar-refractivity contribution is 0.253. The Morgan fingerprint density at radius 1 is 1.25 bits per heavy atom.